The van der Waals surface area contributed by atoms with Crippen molar-refractivity contribution in [2.24, 2.45) is 0 Å². The van der Waals surface area contributed by atoms with Crippen LogP contribution in [0.4, 0.5) is 0 Å². The highest BCUT2D eigenvalue weighted by Gasteiger charge is 2.53. The average Bonchev–Trinajstić information content (AvgIpc) is 3.14. The molecule has 0 amide bonds. The molecule has 2 aliphatic heterocycles. The molecule has 1 unspecified atom stereocenters. The standard InChI is InChI=1S/C28H25NO8/c1-27(2,3)37-36-25(31)17-11-13-21-23(15-17)33-22-14-16(24(30)35-29(4)5)10-12-20(22)28(21)19-9-7-6-8-18(19)26(32)34-28/h6-15H,1-5H3. The van der Waals surface area contributed by atoms with Crippen molar-refractivity contribution in [3.05, 3.63) is 94.0 Å². The molecule has 3 aromatic carbocycles. The Hall–Kier alpha value is -4.21. The summed E-state index contributed by atoms with van der Waals surface area (Å²) in [5, 5.41) is 1.28. The normalized spacial score (nSPS) is 17.4. The number of hydroxylamine groups is 2. The summed E-state index contributed by atoms with van der Waals surface area (Å²) < 4.78 is 12.3. The molecule has 1 spiro atoms. The van der Waals surface area contributed by atoms with E-state index in [0.29, 0.717) is 22.3 Å². The maximum atomic E-state index is 13.0. The fourth-order valence-electron chi connectivity index (χ4n) is 4.36. The van der Waals surface area contributed by atoms with Crippen LogP contribution in [0.3, 0.4) is 0 Å². The molecule has 0 saturated carbocycles. The fraction of sp³-hybridized carbons (Fsp3) is 0.250. The first kappa shape index (κ1) is 24.5. The van der Waals surface area contributed by atoms with Gasteiger partial charge < -0.3 is 14.3 Å². The maximum Gasteiger partial charge on any atom is 0.373 e. The molecule has 0 bridgehead atoms. The van der Waals surface area contributed by atoms with Gasteiger partial charge in [0, 0.05) is 30.8 Å². The Morgan fingerprint density at radius 1 is 0.838 bits per heavy atom. The van der Waals surface area contributed by atoms with E-state index in [1.54, 1.807) is 71.3 Å². The molecule has 3 aromatic rings. The lowest BCUT2D eigenvalue weighted by Gasteiger charge is -2.36. The molecule has 0 fully saturated rings. The zero-order valence-corrected chi connectivity index (χ0v) is 21.0. The zero-order valence-electron chi connectivity index (χ0n) is 21.0. The molecule has 5 rings (SSSR count). The van der Waals surface area contributed by atoms with Crippen molar-refractivity contribution < 1.29 is 38.5 Å². The van der Waals surface area contributed by atoms with E-state index in [1.807, 2.05) is 12.1 Å². The molecule has 1 atom stereocenters. The van der Waals surface area contributed by atoms with Gasteiger partial charge in [0.05, 0.1) is 16.7 Å². The van der Waals surface area contributed by atoms with E-state index in [1.165, 1.54) is 17.2 Å². The topological polar surface area (TPSA) is 101 Å². The van der Waals surface area contributed by atoms with Crippen LogP contribution < -0.4 is 4.74 Å². The van der Waals surface area contributed by atoms with E-state index in [0.717, 1.165) is 0 Å². The van der Waals surface area contributed by atoms with Crippen LogP contribution in [0, 0.1) is 0 Å². The quantitative estimate of drug-likeness (QED) is 0.283. The molecule has 9 nitrogen and oxygen atoms in total. The van der Waals surface area contributed by atoms with E-state index in [4.69, 9.17) is 24.1 Å². The van der Waals surface area contributed by atoms with Gasteiger partial charge in [-0.25, -0.2) is 14.4 Å². The lowest BCUT2D eigenvalue weighted by molar-refractivity contribution is -0.301. The first-order chi connectivity index (χ1) is 17.5. The van der Waals surface area contributed by atoms with E-state index in [-0.39, 0.29) is 22.6 Å². The molecule has 0 radical (unpaired) electrons. The second-order valence-corrected chi connectivity index (χ2v) is 9.90. The lowest BCUT2D eigenvalue weighted by Crippen LogP contribution is -2.33. The van der Waals surface area contributed by atoms with Crippen LogP contribution in [0.2, 0.25) is 0 Å². The number of esters is 1. The van der Waals surface area contributed by atoms with Crippen molar-refractivity contribution >= 4 is 17.9 Å². The number of benzene rings is 3. The molecule has 0 aliphatic carbocycles. The van der Waals surface area contributed by atoms with Gasteiger partial charge in [0.15, 0.2) is 5.60 Å². The minimum atomic E-state index is -1.34. The minimum Gasteiger partial charge on any atom is -0.456 e. The van der Waals surface area contributed by atoms with Gasteiger partial charge in [-0.2, -0.15) is 4.89 Å². The summed E-state index contributed by atoms with van der Waals surface area (Å²) in [6.45, 7) is 5.26. The van der Waals surface area contributed by atoms with Crippen LogP contribution in [0.1, 0.15) is 68.5 Å². The third-order valence-electron chi connectivity index (χ3n) is 5.82. The van der Waals surface area contributed by atoms with Gasteiger partial charge in [0.1, 0.15) is 17.1 Å². The Morgan fingerprint density at radius 2 is 1.43 bits per heavy atom. The lowest BCUT2D eigenvalue weighted by atomic mass is 9.77. The Morgan fingerprint density at radius 3 is 2.03 bits per heavy atom. The molecule has 37 heavy (non-hydrogen) atoms. The van der Waals surface area contributed by atoms with Crippen molar-refractivity contribution in [1.82, 2.24) is 5.06 Å². The fourth-order valence-corrected chi connectivity index (χ4v) is 4.36. The van der Waals surface area contributed by atoms with Crippen LogP contribution in [-0.2, 0) is 25.0 Å². The van der Waals surface area contributed by atoms with Crippen LogP contribution in [-0.4, -0.2) is 42.7 Å². The predicted molar refractivity (Wildman–Crippen MR) is 130 cm³/mol. The van der Waals surface area contributed by atoms with Crippen LogP contribution in [0.15, 0.2) is 60.7 Å². The summed E-state index contributed by atoms with van der Waals surface area (Å²) in [6.07, 6.45) is 0. The SMILES string of the molecule is CN(C)OC(=O)c1ccc2c(c1)Oc1cc(C(=O)OOC(C)(C)C)ccc1C21OC(=O)c2ccccc21. The maximum absolute atomic E-state index is 13.0. The summed E-state index contributed by atoms with van der Waals surface area (Å²) in [5.41, 5.74) is 0.468. The highest BCUT2D eigenvalue weighted by molar-refractivity contribution is 5.98. The van der Waals surface area contributed by atoms with Crippen molar-refractivity contribution in [2.45, 2.75) is 32.0 Å². The van der Waals surface area contributed by atoms with Gasteiger partial charge in [-0.15, -0.1) is 5.06 Å². The highest BCUT2D eigenvalue weighted by atomic mass is 17.2. The van der Waals surface area contributed by atoms with Crippen molar-refractivity contribution in [2.75, 3.05) is 14.1 Å². The van der Waals surface area contributed by atoms with E-state index in [9.17, 15) is 14.4 Å². The van der Waals surface area contributed by atoms with Crippen molar-refractivity contribution in [3.63, 3.8) is 0 Å². The highest BCUT2D eigenvalue weighted by Crippen LogP contribution is 2.56. The van der Waals surface area contributed by atoms with Crippen molar-refractivity contribution in [3.8, 4) is 11.5 Å². The van der Waals surface area contributed by atoms with Gasteiger partial charge in [0.25, 0.3) is 0 Å². The van der Waals surface area contributed by atoms with Gasteiger partial charge in [-0.1, -0.05) is 18.2 Å². The smallest absolute Gasteiger partial charge is 0.373 e. The number of rotatable bonds is 4. The first-order valence-corrected chi connectivity index (χ1v) is 11.6. The Balaban J connectivity index is 1.65. The average molecular weight is 504 g/mol. The monoisotopic (exact) mass is 503 g/mol. The molecule has 2 aliphatic rings. The number of carbonyl (C=O) groups is 3. The third kappa shape index (κ3) is 4.22. The number of carbonyl (C=O) groups excluding carboxylic acids is 3. The molecule has 0 saturated heterocycles. The zero-order chi connectivity index (χ0) is 26.5. The molecule has 0 aromatic heterocycles. The second kappa shape index (κ2) is 8.72. The Kier molecular flexibility index (Phi) is 5.77. The summed E-state index contributed by atoms with van der Waals surface area (Å²) in [4.78, 5) is 53.5. The third-order valence-corrected chi connectivity index (χ3v) is 5.82. The van der Waals surface area contributed by atoms with Crippen LogP contribution in [0.25, 0.3) is 0 Å². The molecule has 2 heterocycles. The largest absolute Gasteiger partial charge is 0.456 e. The number of ether oxygens (including phenoxy) is 2. The molecule has 9 heteroatoms. The molecular formula is C28H25NO8. The second-order valence-electron chi connectivity index (χ2n) is 9.90. The van der Waals surface area contributed by atoms with Crippen LogP contribution >= 0.6 is 0 Å². The number of fused-ring (bicyclic) bond motifs is 6. The van der Waals surface area contributed by atoms with Gasteiger partial charge in [-0.05, 0) is 63.2 Å². The number of hydrogen-bond donors (Lipinski definition) is 0. The van der Waals surface area contributed by atoms with Gasteiger partial charge >= 0.3 is 17.9 Å². The molecule has 190 valence electrons. The summed E-state index contributed by atoms with van der Waals surface area (Å²) in [7, 11) is 3.19. The number of nitrogens with zero attached hydrogens (tertiary/aromatic N) is 1. The molecular weight excluding hydrogens is 478 g/mol. The van der Waals surface area contributed by atoms with Crippen molar-refractivity contribution in [1.29, 1.82) is 0 Å². The predicted octanol–water partition coefficient (Wildman–Crippen LogP) is 4.77. The van der Waals surface area contributed by atoms with Gasteiger partial charge in [0.2, 0.25) is 0 Å². The van der Waals surface area contributed by atoms with Gasteiger partial charge in [-0.3, -0.25) is 4.89 Å². The summed E-state index contributed by atoms with van der Waals surface area (Å²) >= 11 is 0. The van der Waals surface area contributed by atoms with Crippen LogP contribution in [0.5, 0.6) is 11.5 Å². The summed E-state index contributed by atoms with van der Waals surface area (Å²) in [6, 6.07) is 16.6. The Bertz CT molecular complexity index is 1440. The molecule has 0 N–H and O–H groups in total. The minimum absolute atomic E-state index is 0.169. The van der Waals surface area contributed by atoms with E-state index in [2.05, 4.69) is 0 Å². The summed E-state index contributed by atoms with van der Waals surface area (Å²) in [5.74, 6) is -1.25. The first-order valence-electron chi connectivity index (χ1n) is 11.6. The van der Waals surface area contributed by atoms with E-state index < -0.39 is 29.1 Å². The Labute approximate surface area is 213 Å². The van der Waals surface area contributed by atoms with E-state index >= 15 is 0 Å². The number of hydrogen-bond acceptors (Lipinski definition) is 9.